The standard InChI is InChI=1S/C15H19N5O2/c21-13-10-19(15(22)20(13)12-2-3-12)11-4-8-18(9-5-11)14-16-6-1-7-17-14/h1,6-7,11-12H,2-5,8-10H2. The van der Waals surface area contributed by atoms with Crippen LogP contribution < -0.4 is 4.90 Å². The smallest absolute Gasteiger partial charge is 0.327 e. The molecule has 3 amide bonds. The average Bonchev–Trinajstić information content (AvgIpc) is 3.34. The van der Waals surface area contributed by atoms with Crippen molar-refractivity contribution in [2.75, 3.05) is 24.5 Å². The second-order valence-corrected chi connectivity index (χ2v) is 6.17. The van der Waals surface area contributed by atoms with Crippen molar-refractivity contribution in [2.24, 2.45) is 0 Å². The van der Waals surface area contributed by atoms with Gasteiger partial charge in [0.25, 0.3) is 5.91 Å². The van der Waals surface area contributed by atoms with E-state index in [1.54, 1.807) is 23.4 Å². The van der Waals surface area contributed by atoms with Gasteiger partial charge in [0.1, 0.15) is 6.54 Å². The van der Waals surface area contributed by atoms with Crippen LogP contribution in [0.3, 0.4) is 0 Å². The lowest BCUT2D eigenvalue weighted by atomic mass is 10.0. The van der Waals surface area contributed by atoms with Crippen LogP contribution in [0.2, 0.25) is 0 Å². The van der Waals surface area contributed by atoms with E-state index < -0.39 is 0 Å². The molecule has 22 heavy (non-hydrogen) atoms. The lowest BCUT2D eigenvalue weighted by Crippen LogP contribution is -2.47. The first-order valence-electron chi connectivity index (χ1n) is 7.88. The topological polar surface area (TPSA) is 69.6 Å². The Morgan fingerprint density at radius 2 is 1.64 bits per heavy atom. The summed E-state index contributed by atoms with van der Waals surface area (Å²) in [5.41, 5.74) is 0. The molecule has 0 bridgehead atoms. The van der Waals surface area contributed by atoms with Gasteiger partial charge in [-0.25, -0.2) is 14.8 Å². The molecule has 3 fully saturated rings. The number of carbonyl (C=O) groups is 2. The van der Waals surface area contributed by atoms with E-state index in [2.05, 4.69) is 14.9 Å². The number of piperidine rings is 1. The van der Waals surface area contributed by atoms with E-state index >= 15 is 0 Å². The van der Waals surface area contributed by atoms with Crippen LogP contribution in [-0.4, -0.2) is 63.4 Å². The second kappa shape index (κ2) is 5.23. The largest absolute Gasteiger partial charge is 0.341 e. The molecule has 2 saturated heterocycles. The van der Waals surface area contributed by atoms with Gasteiger partial charge in [0.15, 0.2) is 0 Å². The van der Waals surface area contributed by atoms with E-state index in [0.717, 1.165) is 44.7 Å². The maximum absolute atomic E-state index is 12.4. The zero-order chi connectivity index (χ0) is 15.1. The summed E-state index contributed by atoms with van der Waals surface area (Å²) in [6.45, 7) is 1.88. The monoisotopic (exact) mass is 301 g/mol. The summed E-state index contributed by atoms with van der Waals surface area (Å²) >= 11 is 0. The molecule has 0 radical (unpaired) electrons. The SMILES string of the molecule is O=C1CN(C2CCN(c3ncccn3)CC2)C(=O)N1C1CC1. The minimum Gasteiger partial charge on any atom is -0.341 e. The fourth-order valence-electron chi connectivity index (χ4n) is 3.34. The van der Waals surface area contributed by atoms with Crippen LogP contribution >= 0.6 is 0 Å². The Balaban J connectivity index is 1.40. The molecule has 2 aliphatic heterocycles. The van der Waals surface area contributed by atoms with Gasteiger partial charge < -0.3 is 9.80 Å². The molecule has 4 rings (SSSR count). The van der Waals surface area contributed by atoms with E-state index in [1.807, 2.05) is 0 Å². The number of urea groups is 1. The highest BCUT2D eigenvalue weighted by molar-refractivity contribution is 6.02. The first kappa shape index (κ1) is 13.5. The third kappa shape index (κ3) is 2.30. The minimum atomic E-state index is -0.0816. The van der Waals surface area contributed by atoms with Crippen molar-refractivity contribution in [3.05, 3.63) is 18.5 Å². The van der Waals surface area contributed by atoms with E-state index in [4.69, 9.17) is 0 Å². The number of hydrogen-bond acceptors (Lipinski definition) is 5. The maximum atomic E-state index is 12.4. The van der Waals surface area contributed by atoms with Crippen molar-refractivity contribution >= 4 is 17.9 Å². The highest BCUT2D eigenvalue weighted by Crippen LogP contribution is 2.32. The highest BCUT2D eigenvalue weighted by atomic mass is 16.2. The number of nitrogens with zero attached hydrogens (tertiary/aromatic N) is 5. The van der Waals surface area contributed by atoms with Crippen molar-refractivity contribution in [3.63, 3.8) is 0 Å². The normalized spacial score (nSPS) is 23.5. The van der Waals surface area contributed by atoms with E-state index in [0.29, 0.717) is 0 Å². The zero-order valence-corrected chi connectivity index (χ0v) is 12.4. The van der Waals surface area contributed by atoms with E-state index in [-0.39, 0.29) is 30.6 Å². The van der Waals surface area contributed by atoms with Gasteiger partial charge in [-0.2, -0.15) is 0 Å². The second-order valence-electron chi connectivity index (χ2n) is 6.17. The lowest BCUT2D eigenvalue weighted by molar-refractivity contribution is -0.125. The van der Waals surface area contributed by atoms with Crippen molar-refractivity contribution in [1.29, 1.82) is 0 Å². The molecular weight excluding hydrogens is 282 g/mol. The van der Waals surface area contributed by atoms with Crippen LogP contribution in [0.5, 0.6) is 0 Å². The van der Waals surface area contributed by atoms with E-state index in [1.165, 1.54) is 4.90 Å². The summed E-state index contributed by atoms with van der Waals surface area (Å²) in [6.07, 6.45) is 7.13. The number of anilines is 1. The number of aromatic nitrogens is 2. The Morgan fingerprint density at radius 1 is 0.955 bits per heavy atom. The van der Waals surface area contributed by atoms with Gasteiger partial charge in [-0.15, -0.1) is 0 Å². The fourth-order valence-corrected chi connectivity index (χ4v) is 3.34. The average molecular weight is 301 g/mol. The molecule has 0 aromatic carbocycles. The van der Waals surface area contributed by atoms with Crippen LogP contribution in [0.1, 0.15) is 25.7 Å². The fraction of sp³-hybridized carbons (Fsp3) is 0.600. The van der Waals surface area contributed by atoms with Crippen LogP contribution in [-0.2, 0) is 4.79 Å². The molecule has 1 saturated carbocycles. The lowest BCUT2D eigenvalue weighted by Gasteiger charge is -2.36. The first-order valence-corrected chi connectivity index (χ1v) is 7.88. The van der Waals surface area contributed by atoms with E-state index in [9.17, 15) is 9.59 Å². The zero-order valence-electron chi connectivity index (χ0n) is 12.4. The van der Waals surface area contributed by atoms with Gasteiger partial charge in [0.2, 0.25) is 5.95 Å². The molecule has 3 aliphatic rings. The molecule has 7 nitrogen and oxygen atoms in total. The summed E-state index contributed by atoms with van der Waals surface area (Å²) in [6, 6.07) is 2.04. The molecule has 0 N–H and O–H groups in total. The number of imide groups is 1. The predicted octanol–water partition coefficient (Wildman–Crippen LogP) is 0.872. The molecule has 1 aliphatic carbocycles. The van der Waals surface area contributed by atoms with Gasteiger partial charge >= 0.3 is 6.03 Å². The number of hydrogen-bond donors (Lipinski definition) is 0. The van der Waals surface area contributed by atoms with Gasteiger partial charge in [0.05, 0.1) is 0 Å². The number of rotatable bonds is 3. The molecular formula is C15H19N5O2. The molecule has 7 heteroatoms. The summed E-state index contributed by atoms with van der Waals surface area (Å²) in [7, 11) is 0. The molecule has 116 valence electrons. The quantitative estimate of drug-likeness (QED) is 0.775. The Hall–Kier alpha value is -2.18. The minimum absolute atomic E-state index is 0.0266. The summed E-state index contributed by atoms with van der Waals surface area (Å²) in [4.78, 5) is 38.4. The third-order valence-corrected chi connectivity index (χ3v) is 4.68. The van der Waals surface area contributed by atoms with Gasteiger partial charge in [0, 0.05) is 37.6 Å². The molecule has 1 aromatic heterocycles. The third-order valence-electron chi connectivity index (χ3n) is 4.68. The Labute approximate surface area is 128 Å². The number of amides is 3. The predicted molar refractivity (Wildman–Crippen MR) is 79.2 cm³/mol. The van der Waals surface area contributed by atoms with Crippen molar-refractivity contribution in [3.8, 4) is 0 Å². The van der Waals surface area contributed by atoms with Crippen molar-refractivity contribution < 1.29 is 9.59 Å². The molecule has 0 spiro atoms. The highest BCUT2D eigenvalue weighted by Gasteiger charge is 2.47. The molecule has 1 aromatic rings. The molecule has 3 heterocycles. The van der Waals surface area contributed by atoms with Crippen molar-refractivity contribution in [1.82, 2.24) is 19.8 Å². The molecule has 0 unspecified atom stereocenters. The van der Waals surface area contributed by atoms with Crippen LogP contribution in [0.15, 0.2) is 18.5 Å². The molecule has 0 atom stereocenters. The summed E-state index contributed by atoms with van der Waals surface area (Å²) in [5, 5.41) is 0. The summed E-state index contributed by atoms with van der Waals surface area (Å²) < 4.78 is 0. The van der Waals surface area contributed by atoms with Crippen LogP contribution in [0, 0.1) is 0 Å². The van der Waals surface area contributed by atoms with Gasteiger partial charge in [-0.05, 0) is 31.7 Å². The first-order chi connectivity index (χ1) is 10.7. The summed E-state index contributed by atoms with van der Waals surface area (Å²) in [5.74, 6) is 0.714. The Kier molecular flexibility index (Phi) is 3.20. The Morgan fingerprint density at radius 3 is 2.27 bits per heavy atom. The maximum Gasteiger partial charge on any atom is 0.327 e. The van der Waals surface area contributed by atoms with Crippen LogP contribution in [0.4, 0.5) is 10.7 Å². The number of carbonyl (C=O) groups excluding carboxylic acids is 2. The van der Waals surface area contributed by atoms with Gasteiger partial charge in [-0.3, -0.25) is 9.69 Å². The van der Waals surface area contributed by atoms with Gasteiger partial charge in [-0.1, -0.05) is 0 Å². The van der Waals surface area contributed by atoms with Crippen molar-refractivity contribution in [2.45, 2.75) is 37.8 Å². The van der Waals surface area contributed by atoms with Crippen LogP contribution in [0.25, 0.3) is 0 Å². The Bertz CT molecular complexity index is 581.